The van der Waals surface area contributed by atoms with Gasteiger partial charge in [-0.3, -0.25) is 9.00 Å². The number of nitrogens with zero attached hydrogens (tertiary/aromatic N) is 3. The van der Waals surface area contributed by atoms with E-state index in [1.165, 1.54) is 36.6 Å². The van der Waals surface area contributed by atoms with Crippen LogP contribution in [0.2, 0.25) is 0 Å². The zero-order valence-electron chi connectivity index (χ0n) is 13.6. The molecule has 26 heavy (non-hydrogen) atoms. The van der Waals surface area contributed by atoms with Crippen LogP contribution >= 0.6 is 11.8 Å². The summed E-state index contributed by atoms with van der Waals surface area (Å²) in [4.78, 5) is 20.0. The van der Waals surface area contributed by atoms with Gasteiger partial charge in [0.25, 0.3) is 0 Å². The minimum atomic E-state index is -4.39. The maximum Gasteiger partial charge on any atom is 0.446 e. The number of thioether (sulfide) groups is 1. The lowest BCUT2D eigenvalue weighted by atomic mass is 10.3. The van der Waals surface area contributed by atoms with Crippen molar-refractivity contribution >= 4 is 39.9 Å². The number of fused-ring (bicyclic) bond motifs is 1. The lowest BCUT2D eigenvalue weighted by Gasteiger charge is -2.07. The lowest BCUT2D eigenvalue weighted by molar-refractivity contribution is -0.0328. The standard InChI is InChI=1S/C16H12F3N3O2S2/c1-22-12-5-4-10(25-16(17,18)19)7-11(12)21-15(22)14-13(26(2)24)6-3-9(8-23)20-14/h3-8H,1-2H3. The predicted molar refractivity (Wildman–Crippen MR) is 93.6 cm³/mol. The van der Waals surface area contributed by atoms with Gasteiger partial charge in [0.15, 0.2) is 12.1 Å². The van der Waals surface area contributed by atoms with E-state index >= 15 is 0 Å². The van der Waals surface area contributed by atoms with Crippen molar-refractivity contribution in [2.45, 2.75) is 15.3 Å². The molecule has 1 atom stereocenters. The molecule has 0 saturated carbocycles. The third-order valence-corrected chi connectivity index (χ3v) is 5.28. The first-order valence-electron chi connectivity index (χ1n) is 7.22. The molecule has 3 rings (SSSR count). The van der Waals surface area contributed by atoms with Crippen molar-refractivity contribution in [3.8, 4) is 11.5 Å². The van der Waals surface area contributed by atoms with Crippen LogP contribution in [0.1, 0.15) is 10.5 Å². The topological polar surface area (TPSA) is 64.8 Å². The fourth-order valence-electron chi connectivity index (χ4n) is 2.51. The molecule has 0 fully saturated rings. The molecule has 0 aliphatic rings. The van der Waals surface area contributed by atoms with Crippen LogP contribution in [0.4, 0.5) is 13.2 Å². The number of aromatic nitrogens is 3. The minimum absolute atomic E-state index is 0.0172. The summed E-state index contributed by atoms with van der Waals surface area (Å²) in [5, 5.41) is 0. The Bertz CT molecular complexity index is 1030. The van der Waals surface area contributed by atoms with Gasteiger partial charge in [0.1, 0.15) is 11.4 Å². The Morgan fingerprint density at radius 3 is 2.54 bits per heavy atom. The monoisotopic (exact) mass is 399 g/mol. The maximum atomic E-state index is 12.6. The minimum Gasteiger partial charge on any atom is -0.326 e. The molecule has 0 aliphatic carbocycles. The number of hydrogen-bond donors (Lipinski definition) is 0. The van der Waals surface area contributed by atoms with Gasteiger partial charge in [0.2, 0.25) is 0 Å². The summed E-state index contributed by atoms with van der Waals surface area (Å²) < 4.78 is 51.4. The average Bonchev–Trinajstić information content (AvgIpc) is 2.88. The molecule has 2 heterocycles. The predicted octanol–water partition coefficient (Wildman–Crippen LogP) is 3.80. The second-order valence-corrected chi connectivity index (χ2v) is 7.83. The molecular weight excluding hydrogens is 387 g/mol. The van der Waals surface area contributed by atoms with E-state index in [1.54, 1.807) is 11.6 Å². The summed E-state index contributed by atoms with van der Waals surface area (Å²) in [6.07, 6.45) is 2.04. The number of aryl methyl sites for hydroxylation is 1. The van der Waals surface area contributed by atoms with Gasteiger partial charge in [-0.1, -0.05) is 0 Å². The molecule has 0 spiro atoms. The number of imidazole rings is 1. The molecule has 0 radical (unpaired) electrons. The molecule has 0 bridgehead atoms. The van der Waals surface area contributed by atoms with Gasteiger partial charge in [0.05, 0.1) is 26.7 Å². The van der Waals surface area contributed by atoms with E-state index in [2.05, 4.69) is 9.97 Å². The van der Waals surface area contributed by atoms with E-state index in [0.29, 0.717) is 28.0 Å². The molecule has 1 aromatic carbocycles. The highest BCUT2D eigenvalue weighted by Gasteiger charge is 2.29. The molecule has 1 unspecified atom stereocenters. The molecule has 10 heteroatoms. The zero-order chi connectivity index (χ0) is 19.1. The number of pyridine rings is 1. The Kier molecular flexibility index (Phi) is 4.89. The summed E-state index contributed by atoms with van der Waals surface area (Å²) in [5.41, 5.74) is -3.04. The van der Waals surface area contributed by atoms with Crippen LogP contribution in [0.15, 0.2) is 40.1 Å². The highest BCUT2D eigenvalue weighted by atomic mass is 32.2. The lowest BCUT2D eigenvalue weighted by Crippen LogP contribution is -2.02. The molecule has 0 saturated heterocycles. The van der Waals surface area contributed by atoms with Crippen molar-refractivity contribution in [2.24, 2.45) is 7.05 Å². The second-order valence-electron chi connectivity index (χ2n) is 5.35. The van der Waals surface area contributed by atoms with Crippen LogP contribution in [0.25, 0.3) is 22.6 Å². The smallest absolute Gasteiger partial charge is 0.326 e. The Morgan fingerprint density at radius 1 is 1.19 bits per heavy atom. The third kappa shape index (κ3) is 3.65. The van der Waals surface area contributed by atoms with Gasteiger partial charge < -0.3 is 4.57 Å². The first-order valence-corrected chi connectivity index (χ1v) is 9.59. The molecule has 2 aromatic heterocycles. The fraction of sp³-hybridized carbons (Fsp3) is 0.188. The van der Waals surface area contributed by atoms with Gasteiger partial charge in [-0.05, 0) is 42.1 Å². The largest absolute Gasteiger partial charge is 0.446 e. The zero-order valence-corrected chi connectivity index (χ0v) is 15.2. The van der Waals surface area contributed by atoms with Crippen molar-refractivity contribution in [2.75, 3.05) is 6.26 Å². The van der Waals surface area contributed by atoms with Crippen molar-refractivity contribution < 1.29 is 22.2 Å². The van der Waals surface area contributed by atoms with Crippen molar-refractivity contribution in [1.29, 1.82) is 0 Å². The summed E-state index contributed by atoms with van der Waals surface area (Å²) in [5.74, 6) is 0.322. The van der Waals surface area contributed by atoms with Crippen LogP contribution in [0, 0.1) is 0 Å². The number of hydrogen-bond acceptors (Lipinski definition) is 5. The number of benzene rings is 1. The number of rotatable bonds is 4. The van der Waals surface area contributed by atoms with Crippen LogP contribution in [-0.4, -0.2) is 36.8 Å². The molecule has 0 N–H and O–H groups in total. The number of alkyl halides is 3. The van der Waals surface area contributed by atoms with Crippen molar-refractivity contribution in [1.82, 2.24) is 14.5 Å². The quantitative estimate of drug-likeness (QED) is 0.493. The van der Waals surface area contributed by atoms with E-state index in [9.17, 15) is 22.2 Å². The van der Waals surface area contributed by atoms with Gasteiger partial charge >= 0.3 is 5.51 Å². The number of halogens is 3. The van der Waals surface area contributed by atoms with E-state index in [4.69, 9.17) is 0 Å². The molecule has 0 aliphatic heterocycles. The van der Waals surface area contributed by atoms with E-state index in [1.807, 2.05) is 0 Å². The van der Waals surface area contributed by atoms with Crippen molar-refractivity contribution in [3.63, 3.8) is 0 Å². The summed E-state index contributed by atoms with van der Waals surface area (Å²) in [7, 11) is 0.296. The Hall–Kier alpha value is -2.20. The van der Waals surface area contributed by atoms with E-state index in [-0.39, 0.29) is 28.0 Å². The molecule has 3 aromatic rings. The normalized spacial score (nSPS) is 13.1. The summed E-state index contributed by atoms with van der Waals surface area (Å²) >= 11 is -0.219. The number of carbonyl (C=O) groups excluding carboxylic acids is 1. The first-order chi connectivity index (χ1) is 12.2. The average molecular weight is 399 g/mol. The second kappa shape index (κ2) is 6.84. The molecule has 0 amide bonds. The van der Waals surface area contributed by atoms with Crippen LogP contribution in [0.3, 0.4) is 0 Å². The third-order valence-electron chi connectivity index (χ3n) is 3.61. The highest BCUT2D eigenvalue weighted by molar-refractivity contribution is 8.00. The Labute approximate surface area is 153 Å². The van der Waals surface area contributed by atoms with Gasteiger partial charge in [0, 0.05) is 18.2 Å². The maximum absolute atomic E-state index is 12.6. The van der Waals surface area contributed by atoms with Crippen molar-refractivity contribution in [3.05, 3.63) is 36.0 Å². The van der Waals surface area contributed by atoms with Gasteiger partial charge in [-0.25, -0.2) is 9.97 Å². The highest BCUT2D eigenvalue weighted by Crippen LogP contribution is 2.38. The van der Waals surface area contributed by atoms with Crippen LogP contribution < -0.4 is 0 Å². The van der Waals surface area contributed by atoms with Crippen LogP contribution in [0.5, 0.6) is 0 Å². The Balaban J connectivity index is 2.19. The Morgan fingerprint density at radius 2 is 1.92 bits per heavy atom. The first kappa shape index (κ1) is 18.6. The SMILES string of the molecule is Cn1c(-c2nc(C=O)ccc2S(C)=O)nc2cc(SC(F)(F)F)ccc21. The molecular formula is C16H12F3N3O2S2. The summed E-state index contributed by atoms with van der Waals surface area (Å²) in [6, 6.07) is 7.22. The van der Waals surface area contributed by atoms with Crippen LogP contribution in [-0.2, 0) is 17.8 Å². The fourth-order valence-corrected chi connectivity index (χ4v) is 3.75. The van der Waals surface area contributed by atoms with E-state index in [0.717, 1.165) is 0 Å². The van der Waals surface area contributed by atoms with E-state index < -0.39 is 16.3 Å². The number of carbonyl (C=O) groups is 1. The molecule has 136 valence electrons. The number of aldehydes is 1. The van der Waals surface area contributed by atoms with Gasteiger partial charge in [-0.2, -0.15) is 13.2 Å². The molecule has 5 nitrogen and oxygen atoms in total. The van der Waals surface area contributed by atoms with Gasteiger partial charge in [-0.15, -0.1) is 0 Å². The summed E-state index contributed by atoms with van der Waals surface area (Å²) in [6.45, 7) is 0.